The Kier molecular flexibility index (Phi) is 3.81. The highest BCUT2D eigenvalue weighted by Crippen LogP contribution is 2.16. The van der Waals surface area contributed by atoms with Gasteiger partial charge in [-0.15, -0.1) is 0 Å². The van der Waals surface area contributed by atoms with E-state index in [1.54, 1.807) is 4.90 Å². The second-order valence-electron chi connectivity index (χ2n) is 4.38. The topological polar surface area (TPSA) is 37.4 Å². The summed E-state index contributed by atoms with van der Waals surface area (Å²) in [6, 6.07) is 7.52. The molecule has 0 spiro atoms. The molecule has 1 heterocycles. The first-order valence-corrected chi connectivity index (χ1v) is 6.73. The molecule has 4 heteroatoms. The summed E-state index contributed by atoms with van der Waals surface area (Å²) in [6.45, 7) is 2.98. The molecule has 1 atom stereocenters. The van der Waals surface area contributed by atoms with Crippen LogP contribution in [0.3, 0.4) is 0 Å². The first-order valence-electron chi connectivity index (χ1n) is 5.65. The largest absolute Gasteiger partial charge is 0.337 e. The number of nitrogens with zero attached hydrogens (tertiary/aromatic N) is 1. The van der Waals surface area contributed by atoms with Crippen LogP contribution < -0.4 is 0 Å². The molecule has 3 nitrogen and oxygen atoms in total. The van der Waals surface area contributed by atoms with Crippen LogP contribution >= 0.6 is 22.6 Å². The zero-order chi connectivity index (χ0) is 12.4. The first kappa shape index (κ1) is 12.5. The zero-order valence-corrected chi connectivity index (χ0v) is 11.8. The van der Waals surface area contributed by atoms with Crippen LogP contribution in [0, 0.1) is 9.49 Å². The Balaban J connectivity index is 2.10. The third kappa shape index (κ3) is 2.86. The Morgan fingerprint density at radius 3 is 2.59 bits per heavy atom. The van der Waals surface area contributed by atoms with E-state index in [9.17, 15) is 9.59 Å². The number of benzene rings is 1. The number of amides is 1. The molecule has 1 aliphatic heterocycles. The highest BCUT2D eigenvalue weighted by molar-refractivity contribution is 14.1. The molecule has 90 valence electrons. The van der Waals surface area contributed by atoms with E-state index in [1.807, 2.05) is 31.2 Å². The van der Waals surface area contributed by atoms with E-state index >= 15 is 0 Å². The van der Waals surface area contributed by atoms with Gasteiger partial charge in [0.1, 0.15) is 5.78 Å². The molecule has 17 heavy (non-hydrogen) atoms. The van der Waals surface area contributed by atoms with Gasteiger partial charge in [-0.25, -0.2) is 0 Å². The average molecular weight is 343 g/mol. The molecule has 1 aromatic carbocycles. The van der Waals surface area contributed by atoms with E-state index in [4.69, 9.17) is 0 Å². The van der Waals surface area contributed by atoms with Crippen LogP contribution in [-0.4, -0.2) is 29.7 Å². The predicted octanol–water partition coefficient (Wildman–Crippen LogP) is 2.34. The maximum atomic E-state index is 12.2. The van der Waals surface area contributed by atoms with E-state index in [-0.39, 0.29) is 17.6 Å². The average Bonchev–Trinajstić information content (AvgIpc) is 2.33. The smallest absolute Gasteiger partial charge is 0.253 e. The first-order chi connectivity index (χ1) is 8.08. The fourth-order valence-corrected chi connectivity index (χ4v) is 2.33. The number of hydrogen-bond donors (Lipinski definition) is 0. The predicted molar refractivity (Wildman–Crippen MR) is 73.9 cm³/mol. The third-order valence-electron chi connectivity index (χ3n) is 3.05. The Labute approximate surface area is 114 Å². The minimum absolute atomic E-state index is 0.0285. The summed E-state index contributed by atoms with van der Waals surface area (Å²) in [5.41, 5.74) is 0.701. The van der Waals surface area contributed by atoms with E-state index in [0.717, 1.165) is 3.57 Å². The fraction of sp³-hybridized carbons (Fsp3) is 0.385. The lowest BCUT2D eigenvalue weighted by molar-refractivity contribution is -0.124. The molecule has 1 amide bonds. The van der Waals surface area contributed by atoms with Crippen LogP contribution in [0.4, 0.5) is 0 Å². The molecule has 0 aromatic heterocycles. The van der Waals surface area contributed by atoms with Crippen molar-refractivity contribution in [3.63, 3.8) is 0 Å². The second kappa shape index (κ2) is 5.16. The summed E-state index contributed by atoms with van der Waals surface area (Å²) in [4.78, 5) is 25.4. The van der Waals surface area contributed by atoms with Gasteiger partial charge in [0, 0.05) is 34.6 Å². The number of hydrogen-bond acceptors (Lipinski definition) is 2. The Hall–Kier alpha value is -0.910. The van der Waals surface area contributed by atoms with E-state index in [2.05, 4.69) is 22.6 Å². The van der Waals surface area contributed by atoms with Crippen molar-refractivity contribution in [2.45, 2.75) is 13.3 Å². The van der Waals surface area contributed by atoms with Crippen molar-refractivity contribution >= 4 is 34.3 Å². The van der Waals surface area contributed by atoms with Gasteiger partial charge in [0.05, 0.1) is 0 Å². The van der Waals surface area contributed by atoms with Crippen LogP contribution in [-0.2, 0) is 4.79 Å². The number of rotatable bonds is 1. The zero-order valence-electron chi connectivity index (χ0n) is 9.65. The van der Waals surface area contributed by atoms with Crippen molar-refractivity contribution in [1.29, 1.82) is 0 Å². The molecule has 0 bridgehead atoms. The van der Waals surface area contributed by atoms with Crippen molar-refractivity contribution in [3.05, 3.63) is 33.4 Å². The summed E-state index contributed by atoms with van der Waals surface area (Å²) >= 11 is 2.21. The number of carbonyl (C=O) groups is 2. The molecule has 0 radical (unpaired) electrons. The van der Waals surface area contributed by atoms with Gasteiger partial charge >= 0.3 is 0 Å². The van der Waals surface area contributed by atoms with E-state index in [1.165, 1.54) is 0 Å². The Morgan fingerprint density at radius 1 is 1.35 bits per heavy atom. The summed E-state index contributed by atoms with van der Waals surface area (Å²) in [6.07, 6.45) is 0.483. The maximum absolute atomic E-state index is 12.2. The molecule has 0 aliphatic carbocycles. The van der Waals surface area contributed by atoms with Crippen molar-refractivity contribution in [2.75, 3.05) is 13.1 Å². The van der Waals surface area contributed by atoms with Crippen molar-refractivity contribution < 1.29 is 9.59 Å². The van der Waals surface area contributed by atoms with Crippen molar-refractivity contribution in [3.8, 4) is 0 Å². The fourth-order valence-electron chi connectivity index (χ4n) is 1.97. The standard InChI is InChI=1S/C13H14INO2/c1-9-8-15(7-6-12(9)16)13(17)10-2-4-11(14)5-3-10/h2-5,9H,6-8H2,1H3. The van der Waals surface area contributed by atoms with Crippen LogP contribution in [0.1, 0.15) is 23.7 Å². The van der Waals surface area contributed by atoms with Crippen LogP contribution in [0.25, 0.3) is 0 Å². The lowest BCUT2D eigenvalue weighted by Gasteiger charge is -2.30. The molecule has 2 rings (SSSR count). The van der Waals surface area contributed by atoms with Gasteiger partial charge in [-0.3, -0.25) is 9.59 Å². The Morgan fingerprint density at radius 2 is 2.00 bits per heavy atom. The van der Waals surface area contributed by atoms with Gasteiger partial charge in [0.15, 0.2) is 0 Å². The SMILES string of the molecule is CC1CN(C(=O)c2ccc(I)cc2)CCC1=O. The normalized spacial score (nSPS) is 20.5. The van der Waals surface area contributed by atoms with Gasteiger partial charge in [0.25, 0.3) is 5.91 Å². The third-order valence-corrected chi connectivity index (χ3v) is 3.77. The number of likely N-dealkylation sites (tertiary alicyclic amines) is 1. The van der Waals surface area contributed by atoms with E-state index in [0.29, 0.717) is 25.1 Å². The summed E-state index contributed by atoms with van der Waals surface area (Å²) in [5, 5.41) is 0. The molecular weight excluding hydrogens is 329 g/mol. The number of ketones is 1. The molecule has 0 N–H and O–H groups in total. The summed E-state index contributed by atoms with van der Waals surface area (Å²) < 4.78 is 1.11. The van der Waals surface area contributed by atoms with Crippen LogP contribution in [0.2, 0.25) is 0 Å². The molecule has 1 aromatic rings. The monoisotopic (exact) mass is 343 g/mol. The van der Waals surface area contributed by atoms with E-state index < -0.39 is 0 Å². The lowest BCUT2D eigenvalue weighted by atomic mass is 9.98. The number of Topliss-reactive ketones (excluding diaryl/α,β-unsaturated/α-hetero) is 1. The molecule has 1 fully saturated rings. The number of piperidine rings is 1. The summed E-state index contributed by atoms with van der Waals surface area (Å²) in [7, 11) is 0. The molecule has 0 saturated carbocycles. The van der Waals surface area contributed by atoms with Gasteiger partial charge < -0.3 is 4.90 Å². The van der Waals surface area contributed by atoms with Crippen LogP contribution in [0.5, 0.6) is 0 Å². The van der Waals surface area contributed by atoms with Crippen molar-refractivity contribution in [2.24, 2.45) is 5.92 Å². The molecular formula is C13H14INO2. The lowest BCUT2D eigenvalue weighted by Crippen LogP contribution is -2.43. The van der Waals surface area contributed by atoms with Crippen molar-refractivity contribution in [1.82, 2.24) is 4.90 Å². The Bertz CT molecular complexity index is 441. The number of carbonyl (C=O) groups excluding carboxylic acids is 2. The van der Waals surface area contributed by atoms with Gasteiger partial charge in [-0.1, -0.05) is 6.92 Å². The minimum Gasteiger partial charge on any atom is -0.337 e. The minimum atomic E-state index is -0.0310. The molecule has 1 aliphatic rings. The highest BCUT2D eigenvalue weighted by Gasteiger charge is 2.27. The molecule has 1 unspecified atom stereocenters. The highest BCUT2D eigenvalue weighted by atomic mass is 127. The summed E-state index contributed by atoms with van der Waals surface area (Å²) in [5.74, 6) is 0.258. The van der Waals surface area contributed by atoms with Gasteiger partial charge in [0.2, 0.25) is 0 Å². The van der Waals surface area contributed by atoms with Gasteiger partial charge in [-0.2, -0.15) is 0 Å². The molecule has 1 saturated heterocycles. The van der Waals surface area contributed by atoms with Crippen LogP contribution in [0.15, 0.2) is 24.3 Å². The number of halogens is 1. The second-order valence-corrected chi connectivity index (χ2v) is 5.62. The maximum Gasteiger partial charge on any atom is 0.253 e. The van der Waals surface area contributed by atoms with Gasteiger partial charge in [-0.05, 0) is 46.9 Å². The quantitative estimate of drug-likeness (QED) is 0.734.